The van der Waals surface area contributed by atoms with E-state index in [9.17, 15) is 8.42 Å². The predicted molar refractivity (Wildman–Crippen MR) is 81.0 cm³/mol. The second-order valence-electron chi connectivity index (χ2n) is 4.86. The topological polar surface area (TPSA) is 78.7 Å². The minimum Gasteiger partial charge on any atom is -0.371 e. The highest BCUT2D eigenvalue weighted by Crippen LogP contribution is 2.25. The van der Waals surface area contributed by atoms with Crippen LogP contribution in [0.15, 0.2) is 16.6 Å². The summed E-state index contributed by atoms with van der Waals surface area (Å²) in [5, 5.41) is 4.80. The average molecular weight is 317 g/mol. The fourth-order valence-corrected chi connectivity index (χ4v) is 4.39. The molecule has 2 aromatic rings. The molecule has 2 N–H and O–H groups in total. The summed E-state index contributed by atoms with van der Waals surface area (Å²) in [5.74, 6) is 0.362. The van der Waals surface area contributed by atoms with Crippen molar-refractivity contribution in [3.8, 4) is 0 Å². The second-order valence-corrected chi connectivity index (χ2v) is 7.36. The maximum atomic E-state index is 12.6. The second kappa shape index (κ2) is 5.68. The van der Waals surface area contributed by atoms with Crippen LogP contribution in [0.1, 0.15) is 6.92 Å². The monoisotopic (exact) mass is 317 g/mol. The van der Waals surface area contributed by atoms with Gasteiger partial charge in [0, 0.05) is 31.2 Å². The zero-order valence-corrected chi connectivity index (χ0v) is 13.5. The number of anilines is 1. The number of rotatable bonds is 6. The van der Waals surface area contributed by atoms with Gasteiger partial charge in [-0.15, -0.1) is 11.3 Å². The van der Waals surface area contributed by atoms with Crippen LogP contribution in [0.4, 0.5) is 5.82 Å². The molecule has 0 amide bonds. The molecule has 2 aromatic heterocycles. The lowest BCUT2D eigenvalue weighted by atomic mass is 10.3. The molecule has 2 heterocycles. The van der Waals surface area contributed by atoms with Gasteiger partial charge in [-0.2, -0.15) is 0 Å². The maximum Gasteiger partial charge on any atom is 0.260 e. The van der Waals surface area contributed by atoms with E-state index in [1.807, 2.05) is 31.3 Å². The van der Waals surface area contributed by atoms with Crippen LogP contribution in [-0.4, -0.2) is 56.4 Å². The Balaban J connectivity index is 2.38. The number of sulfonamides is 1. The van der Waals surface area contributed by atoms with Crippen molar-refractivity contribution in [1.29, 1.82) is 0 Å². The molecule has 1 unspecified atom stereocenters. The van der Waals surface area contributed by atoms with Crippen LogP contribution in [0.2, 0.25) is 0 Å². The van der Waals surface area contributed by atoms with Crippen molar-refractivity contribution >= 4 is 32.1 Å². The Morgan fingerprint density at radius 2 is 2.20 bits per heavy atom. The largest absolute Gasteiger partial charge is 0.371 e. The van der Waals surface area contributed by atoms with Crippen LogP contribution < -0.4 is 10.0 Å². The van der Waals surface area contributed by atoms with Gasteiger partial charge in [-0.3, -0.25) is 4.40 Å². The minimum absolute atomic E-state index is 0.154. The van der Waals surface area contributed by atoms with Crippen molar-refractivity contribution < 1.29 is 8.42 Å². The van der Waals surface area contributed by atoms with Gasteiger partial charge in [-0.25, -0.2) is 18.1 Å². The highest BCUT2D eigenvalue weighted by atomic mass is 32.2. The summed E-state index contributed by atoms with van der Waals surface area (Å²) < 4.78 is 29.4. The molecular weight excluding hydrogens is 298 g/mol. The number of fused-ring (bicyclic) bond motifs is 1. The van der Waals surface area contributed by atoms with Crippen molar-refractivity contribution in [2.75, 3.05) is 33.0 Å². The number of aromatic nitrogens is 2. The molecule has 0 saturated carbocycles. The number of nitrogens with zero attached hydrogens (tertiary/aromatic N) is 3. The summed E-state index contributed by atoms with van der Waals surface area (Å²) in [7, 11) is 1.83. The van der Waals surface area contributed by atoms with E-state index < -0.39 is 10.0 Å². The van der Waals surface area contributed by atoms with Gasteiger partial charge >= 0.3 is 0 Å². The van der Waals surface area contributed by atoms with E-state index in [-0.39, 0.29) is 11.1 Å². The molecule has 2 rings (SSSR count). The van der Waals surface area contributed by atoms with Crippen LogP contribution in [0.25, 0.3) is 4.96 Å². The Morgan fingerprint density at radius 3 is 2.80 bits per heavy atom. The summed E-state index contributed by atoms with van der Waals surface area (Å²) in [4.78, 5) is 6.85. The Morgan fingerprint density at radius 1 is 1.50 bits per heavy atom. The number of hydrogen-bond acceptors (Lipinski definition) is 6. The number of nitrogens with one attached hydrogen (secondary N) is 2. The first-order valence-electron chi connectivity index (χ1n) is 6.15. The molecule has 0 spiro atoms. The molecule has 0 aliphatic heterocycles. The lowest BCUT2D eigenvalue weighted by Crippen LogP contribution is -2.40. The third kappa shape index (κ3) is 2.95. The minimum atomic E-state index is -3.63. The van der Waals surface area contributed by atoms with Gasteiger partial charge in [0.1, 0.15) is 0 Å². The van der Waals surface area contributed by atoms with Gasteiger partial charge in [0.05, 0.1) is 0 Å². The standard InChI is InChI=1S/C11H19N5O2S2/c1-8(7-15(3)4)14-20(17,18)10-9(12-2)13-11-16(10)5-6-19-11/h5-6,8,12,14H,7H2,1-4H3. The van der Waals surface area contributed by atoms with Gasteiger partial charge in [0.2, 0.25) is 0 Å². The van der Waals surface area contributed by atoms with Crippen molar-refractivity contribution in [1.82, 2.24) is 19.0 Å². The molecule has 1 atom stereocenters. The molecular formula is C11H19N5O2S2. The van der Waals surface area contributed by atoms with Gasteiger partial charge in [-0.1, -0.05) is 0 Å². The molecule has 0 fully saturated rings. The summed E-state index contributed by atoms with van der Waals surface area (Å²) in [6.45, 7) is 2.46. The molecule has 20 heavy (non-hydrogen) atoms. The number of hydrogen-bond donors (Lipinski definition) is 2. The third-order valence-corrected chi connectivity index (χ3v) is 5.07. The van der Waals surface area contributed by atoms with Crippen LogP contribution in [-0.2, 0) is 10.0 Å². The summed E-state index contributed by atoms with van der Waals surface area (Å²) in [6.07, 6.45) is 1.71. The van der Waals surface area contributed by atoms with Gasteiger partial charge in [0.25, 0.3) is 10.0 Å². The molecule has 0 saturated heterocycles. The third-order valence-electron chi connectivity index (χ3n) is 2.70. The molecule has 0 radical (unpaired) electrons. The van der Waals surface area contributed by atoms with Crippen molar-refractivity contribution in [3.63, 3.8) is 0 Å². The van der Waals surface area contributed by atoms with E-state index in [1.54, 1.807) is 17.6 Å². The van der Waals surface area contributed by atoms with Crippen molar-refractivity contribution in [2.24, 2.45) is 0 Å². The molecule has 0 bridgehead atoms. The van der Waals surface area contributed by atoms with E-state index in [0.717, 1.165) is 0 Å². The van der Waals surface area contributed by atoms with Crippen molar-refractivity contribution in [2.45, 2.75) is 18.0 Å². The van der Waals surface area contributed by atoms with Gasteiger partial charge in [0.15, 0.2) is 15.8 Å². The van der Waals surface area contributed by atoms with E-state index in [4.69, 9.17) is 0 Å². The molecule has 0 aliphatic carbocycles. The average Bonchev–Trinajstić information content (AvgIpc) is 2.84. The first kappa shape index (κ1) is 15.2. The van der Waals surface area contributed by atoms with Crippen LogP contribution in [0, 0.1) is 0 Å². The Kier molecular flexibility index (Phi) is 4.33. The van der Waals surface area contributed by atoms with E-state index >= 15 is 0 Å². The molecule has 0 aliphatic rings. The maximum absolute atomic E-state index is 12.6. The first-order valence-corrected chi connectivity index (χ1v) is 8.52. The number of likely N-dealkylation sites (N-methyl/N-ethyl adjacent to an activating group) is 1. The van der Waals surface area contributed by atoms with E-state index in [0.29, 0.717) is 17.3 Å². The van der Waals surface area contributed by atoms with Crippen molar-refractivity contribution in [3.05, 3.63) is 11.6 Å². The Hall–Kier alpha value is -1.16. The molecule has 112 valence electrons. The lowest BCUT2D eigenvalue weighted by molar-refractivity contribution is 0.370. The van der Waals surface area contributed by atoms with Crippen LogP contribution in [0.5, 0.6) is 0 Å². The van der Waals surface area contributed by atoms with Gasteiger partial charge < -0.3 is 10.2 Å². The SMILES string of the molecule is CNc1nc2sccn2c1S(=O)(=O)NC(C)CN(C)C. The highest BCUT2D eigenvalue weighted by Gasteiger charge is 2.27. The summed E-state index contributed by atoms with van der Waals surface area (Å²) in [5.41, 5.74) is 0. The quantitative estimate of drug-likeness (QED) is 0.818. The smallest absolute Gasteiger partial charge is 0.260 e. The van der Waals surface area contributed by atoms with Gasteiger partial charge in [-0.05, 0) is 21.0 Å². The normalized spacial score (nSPS) is 14.1. The number of thiazole rings is 1. The van der Waals surface area contributed by atoms with Crippen LogP contribution >= 0.6 is 11.3 Å². The van der Waals surface area contributed by atoms with Crippen LogP contribution in [0.3, 0.4) is 0 Å². The lowest BCUT2D eigenvalue weighted by Gasteiger charge is -2.18. The molecule has 9 heteroatoms. The number of imidazole rings is 1. The fourth-order valence-electron chi connectivity index (χ4n) is 2.09. The van der Waals surface area contributed by atoms with E-state index in [1.165, 1.54) is 11.3 Å². The zero-order chi connectivity index (χ0) is 14.9. The molecule has 7 nitrogen and oxygen atoms in total. The zero-order valence-electron chi connectivity index (χ0n) is 11.9. The molecule has 0 aromatic carbocycles. The predicted octanol–water partition coefficient (Wildman–Crippen LogP) is 0.666. The van der Waals surface area contributed by atoms with E-state index in [2.05, 4.69) is 15.0 Å². The fraction of sp³-hybridized carbons (Fsp3) is 0.545. The summed E-state index contributed by atoms with van der Waals surface area (Å²) >= 11 is 1.39. The summed E-state index contributed by atoms with van der Waals surface area (Å²) in [6, 6.07) is -0.191. The first-order chi connectivity index (χ1) is 9.35. The Labute approximate surface area is 122 Å². The highest BCUT2D eigenvalue weighted by molar-refractivity contribution is 7.89. The Bertz CT molecular complexity index is 689.